The zero-order valence-electron chi connectivity index (χ0n) is 13.7. The molecular formula is C16H16N4O4. The largest absolute Gasteiger partial charge is 0.466 e. The maximum Gasteiger partial charge on any atom is 0.332 e. The number of pyridine rings is 1. The van der Waals surface area contributed by atoms with Crippen molar-refractivity contribution < 1.29 is 9.21 Å². The zero-order valence-corrected chi connectivity index (χ0v) is 13.7. The first-order valence-corrected chi connectivity index (χ1v) is 7.23. The number of hydrogen-bond acceptors (Lipinski definition) is 5. The fraction of sp³-hybridized carbons (Fsp3) is 0.250. The summed E-state index contributed by atoms with van der Waals surface area (Å²) in [5, 5.41) is 2.94. The van der Waals surface area contributed by atoms with Crippen molar-refractivity contribution in [2.24, 2.45) is 14.1 Å². The summed E-state index contributed by atoms with van der Waals surface area (Å²) in [6, 6.07) is 3.14. The van der Waals surface area contributed by atoms with E-state index < -0.39 is 11.2 Å². The van der Waals surface area contributed by atoms with Gasteiger partial charge in [0.2, 0.25) is 0 Å². The van der Waals surface area contributed by atoms with E-state index in [-0.39, 0.29) is 16.9 Å². The van der Waals surface area contributed by atoms with E-state index in [0.29, 0.717) is 22.8 Å². The van der Waals surface area contributed by atoms with E-state index in [2.05, 4.69) is 10.3 Å². The van der Waals surface area contributed by atoms with Gasteiger partial charge in [0.25, 0.3) is 11.5 Å². The van der Waals surface area contributed by atoms with E-state index in [1.54, 1.807) is 19.9 Å². The van der Waals surface area contributed by atoms with Crippen molar-refractivity contribution in [2.45, 2.75) is 13.8 Å². The van der Waals surface area contributed by atoms with Crippen molar-refractivity contribution in [1.82, 2.24) is 14.1 Å². The Balaban J connectivity index is 2.06. The van der Waals surface area contributed by atoms with Crippen LogP contribution >= 0.6 is 0 Å². The summed E-state index contributed by atoms with van der Waals surface area (Å²) in [5.41, 5.74) is 0.118. The standard InChI is InChI=1S/C16H16N4O4/c1-8-5-11(9(2)24-8)14(21)18-10-6-12-13(17-7-10)19(3)16(23)20(4)15(12)22/h5-7H,1-4H3,(H,18,21). The van der Waals surface area contributed by atoms with Gasteiger partial charge in [-0.15, -0.1) is 0 Å². The molecule has 0 radical (unpaired) electrons. The Bertz CT molecular complexity index is 1090. The highest BCUT2D eigenvalue weighted by molar-refractivity contribution is 6.05. The summed E-state index contributed by atoms with van der Waals surface area (Å²) in [6.07, 6.45) is 1.40. The first-order valence-electron chi connectivity index (χ1n) is 7.23. The van der Waals surface area contributed by atoms with Gasteiger partial charge < -0.3 is 9.73 Å². The number of aryl methyl sites for hydroxylation is 3. The number of anilines is 1. The number of fused-ring (bicyclic) bond motifs is 1. The third-order valence-corrected chi connectivity index (χ3v) is 3.84. The van der Waals surface area contributed by atoms with Crippen LogP contribution in [0.5, 0.6) is 0 Å². The second kappa shape index (κ2) is 5.48. The molecule has 3 heterocycles. The maximum absolute atomic E-state index is 12.3. The lowest BCUT2D eigenvalue weighted by atomic mass is 10.2. The summed E-state index contributed by atoms with van der Waals surface area (Å²) >= 11 is 0. The summed E-state index contributed by atoms with van der Waals surface area (Å²) in [6.45, 7) is 3.46. The zero-order chi connectivity index (χ0) is 17.6. The number of aromatic nitrogens is 3. The third kappa shape index (κ3) is 2.41. The fourth-order valence-electron chi connectivity index (χ4n) is 2.59. The first-order chi connectivity index (χ1) is 11.3. The van der Waals surface area contributed by atoms with Crippen LogP contribution in [0.25, 0.3) is 11.0 Å². The minimum atomic E-state index is -0.466. The topological polar surface area (TPSA) is 99.1 Å². The van der Waals surface area contributed by atoms with Gasteiger partial charge in [-0.1, -0.05) is 0 Å². The Kier molecular flexibility index (Phi) is 3.59. The van der Waals surface area contributed by atoms with E-state index in [0.717, 1.165) is 4.57 Å². The molecule has 8 heteroatoms. The molecule has 3 aromatic rings. The predicted molar refractivity (Wildman–Crippen MR) is 88.4 cm³/mol. The highest BCUT2D eigenvalue weighted by Crippen LogP contribution is 2.17. The smallest absolute Gasteiger partial charge is 0.332 e. The Morgan fingerprint density at radius 2 is 1.88 bits per heavy atom. The van der Waals surface area contributed by atoms with Gasteiger partial charge in [0, 0.05) is 14.1 Å². The molecule has 0 bridgehead atoms. The average molecular weight is 328 g/mol. The number of hydrogen-bond donors (Lipinski definition) is 1. The minimum absolute atomic E-state index is 0.248. The lowest BCUT2D eigenvalue weighted by Crippen LogP contribution is -2.37. The van der Waals surface area contributed by atoms with Gasteiger partial charge in [-0.25, -0.2) is 9.78 Å². The van der Waals surface area contributed by atoms with Crippen LogP contribution in [-0.4, -0.2) is 20.0 Å². The molecule has 3 aromatic heterocycles. The maximum atomic E-state index is 12.3. The van der Waals surface area contributed by atoms with Gasteiger partial charge in [-0.05, 0) is 26.0 Å². The number of carbonyl (C=O) groups is 1. The molecular weight excluding hydrogens is 312 g/mol. The highest BCUT2D eigenvalue weighted by Gasteiger charge is 2.15. The van der Waals surface area contributed by atoms with Crippen LogP contribution in [0, 0.1) is 13.8 Å². The molecule has 0 spiro atoms. The Morgan fingerprint density at radius 3 is 2.50 bits per heavy atom. The number of nitrogens with zero attached hydrogens (tertiary/aromatic N) is 3. The van der Waals surface area contributed by atoms with Crippen molar-refractivity contribution in [3.05, 3.63) is 56.3 Å². The molecule has 0 saturated carbocycles. The monoisotopic (exact) mass is 328 g/mol. The summed E-state index contributed by atoms with van der Waals surface area (Å²) < 4.78 is 7.62. The van der Waals surface area contributed by atoms with E-state index in [1.807, 2.05) is 0 Å². The van der Waals surface area contributed by atoms with Gasteiger partial charge >= 0.3 is 5.69 Å². The second-order valence-electron chi connectivity index (χ2n) is 5.58. The summed E-state index contributed by atoms with van der Waals surface area (Å²) in [4.78, 5) is 40.6. The molecule has 0 saturated heterocycles. The molecule has 8 nitrogen and oxygen atoms in total. The van der Waals surface area contributed by atoms with Crippen molar-refractivity contribution in [3.8, 4) is 0 Å². The molecule has 124 valence electrons. The number of nitrogens with one attached hydrogen (secondary N) is 1. The molecule has 24 heavy (non-hydrogen) atoms. The van der Waals surface area contributed by atoms with Crippen LogP contribution in [0.15, 0.2) is 32.3 Å². The normalized spacial score (nSPS) is 11.0. The van der Waals surface area contributed by atoms with Crippen molar-refractivity contribution in [3.63, 3.8) is 0 Å². The predicted octanol–water partition coefficient (Wildman–Crippen LogP) is 1.09. The third-order valence-electron chi connectivity index (χ3n) is 3.84. The Labute approximate surface area is 136 Å². The van der Waals surface area contributed by atoms with E-state index >= 15 is 0 Å². The average Bonchev–Trinajstić information content (AvgIpc) is 2.89. The minimum Gasteiger partial charge on any atom is -0.466 e. The van der Waals surface area contributed by atoms with Crippen molar-refractivity contribution in [1.29, 1.82) is 0 Å². The van der Waals surface area contributed by atoms with Crippen LogP contribution in [-0.2, 0) is 14.1 Å². The molecule has 0 aliphatic heterocycles. The number of amides is 1. The molecule has 1 amide bonds. The van der Waals surface area contributed by atoms with Gasteiger partial charge in [-0.2, -0.15) is 0 Å². The number of rotatable bonds is 2. The SMILES string of the molecule is Cc1cc(C(=O)Nc2cnc3c(c2)c(=O)n(C)c(=O)n3C)c(C)o1. The quantitative estimate of drug-likeness (QED) is 0.759. The Morgan fingerprint density at radius 1 is 1.17 bits per heavy atom. The van der Waals surface area contributed by atoms with E-state index in [1.165, 1.54) is 30.9 Å². The Hall–Kier alpha value is -3.16. The van der Waals surface area contributed by atoms with E-state index in [9.17, 15) is 14.4 Å². The van der Waals surface area contributed by atoms with Crippen LogP contribution in [0.4, 0.5) is 5.69 Å². The molecule has 0 aromatic carbocycles. The molecule has 1 N–H and O–H groups in total. The number of carbonyl (C=O) groups excluding carboxylic acids is 1. The van der Waals surface area contributed by atoms with Crippen molar-refractivity contribution in [2.75, 3.05) is 5.32 Å². The van der Waals surface area contributed by atoms with Gasteiger partial charge in [0.05, 0.1) is 22.8 Å². The lowest BCUT2D eigenvalue weighted by molar-refractivity contribution is 0.102. The highest BCUT2D eigenvalue weighted by atomic mass is 16.3. The molecule has 0 atom stereocenters. The molecule has 0 unspecified atom stereocenters. The van der Waals surface area contributed by atoms with Crippen LogP contribution < -0.4 is 16.6 Å². The first kappa shape index (κ1) is 15.7. The van der Waals surface area contributed by atoms with Crippen molar-refractivity contribution >= 4 is 22.6 Å². The summed E-state index contributed by atoms with van der Waals surface area (Å²) in [7, 11) is 2.93. The second-order valence-corrected chi connectivity index (χ2v) is 5.58. The number of furan rings is 1. The summed E-state index contributed by atoms with van der Waals surface area (Å²) in [5.74, 6) is 0.794. The molecule has 0 aliphatic rings. The van der Waals surface area contributed by atoms with Gasteiger partial charge in [-0.3, -0.25) is 18.7 Å². The molecule has 3 rings (SSSR count). The van der Waals surface area contributed by atoms with Gasteiger partial charge in [0.15, 0.2) is 0 Å². The van der Waals surface area contributed by atoms with Crippen LogP contribution in [0.3, 0.4) is 0 Å². The fourth-order valence-corrected chi connectivity index (χ4v) is 2.59. The lowest BCUT2D eigenvalue weighted by Gasteiger charge is -2.09. The molecule has 0 aliphatic carbocycles. The van der Waals surface area contributed by atoms with Crippen LogP contribution in [0.1, 0.15) is 21.9 Å². The molecule has 0 fully saturated rings. The van der Waals surface area contributed by atoms with Crippen LogP contribution in [0.2, 0.25) is 0 Å². The van der Waals surface area contributed by atoms with Gasteiger partial charge in [0.1, 0.15) is 17.2 Å². The van der Waals surface area contributed by atoms with E-state index in [4.69, 9.17) is 4.42 Å².